The molecule has 4 atom stereocenters. The summed E-state index contributed by atoms with van der Waals surface area (Å²) in [5, 5.41) is 15.4. The highest BCUT2D eigenvalue weighted by atomic mass is 32.1. The maximum Gasteiger partial charge on any atom is 0.407 e. The van der Waals surface area contributed by atoms with Crippen LogP contribution in [0.3, 0.4) is 0 Å². The highest BCUT2D eigenvalue weighted by Gasteiger charge is 2.37. The summed E-state index contributed by atoms with van der Waals surface area (Å²) < 4.78 is 5.73. The molecule has 0 spiro atoms. The fraction of sp³-hybridized carbons (Fsp3) is 0.421. The van der Waals surface area contributed by atoms with Gasteiger partial charge in [-0.1, -0.05) is 67.9 Å². The molecule has 2 aromatic carbocycles. The van der Waals surface area contributed by atoms with E-state index in [0.717, 1.165) is 40.0 Å². The van der Waals surface area contributed by atoms with E-state index >= 15 is 0 Å². The molecule has 0 radical (unpaired) electrons. The van der Waals surface area contributed by atoms with Crippen LogP contribution in [-0.4, -0.2) is 72.8 Å². The third-order valence-electron chi connectivity index (χ3n) is 9.60. The van der Waals surface area contributed by atoms with Crippen molar-refractivity contribution < 1.29 is 33.5 Å². The SMILES string of the molecule is CCC[C@H](NC(=O)[C@@H](Cc1cccs1)NC(=O)OCC1c2ccccc2-c2ccccc21)C(=O)N[C@@H](C[C@@H]1CCNC1=O)C(=O)C(=O)NC1CC1. The number of amides is 5. The first-order valence-electron chi connectivity index (χ1n) is 17.6. The molecule has 2 aliphatic carbocycles. The topological polar surface area (TPSA) is 172 Å². The van der Waals surface area contributed by atoms with E-state index in [0.29, 0.717) is 19.4 Å². The minimum Gasteiger partial charge on any atom is -0.449 e. The number of ketones is 1. The van der Waals surface area contributed by atoms with E-state index in [1.807, 2.05) is 73.0 Å². The number of benzene rings is 2. The minimum atomic E-state index is -1.25. The minimum absolute atomic E-state index is 0.0361. The molecule has 268 valence electrons. The van der Waals surface area contributed by atoms with Gasteiger partial charge in [0.05, 0.1) is 6.04 Å². The summed E-state index contributed by atoms with van der Waals surface area (Å²) in [5.41, 5.74) is 4.30. The second kappa shape index (κ2) is 16.3. The lowest BCUT2D eigenvalue weighted by molar-refractivity contribution is -0.141. The Bertz CT molecular complexity index is 1730. The van der Waals surface area contributed by atoms with Crippen molar-refractivity contribution in [1.29, 1.82) is 0 Å². The van der Waals surface area contributed by atoms with Gasteiger partial charge in [-0.05, 0) is 65.8 Å². The highest BCUT2D eigenvalue weighted by molar-refractivity contribution is 7.09. The second-order valence-electron chi connectivity index (χ2n) is 13.3. The molecule has 12 nitrogen and oxygen atoms in total. The van der Waals surface area contributed by atoms with E-state index in [9.17, 15) is 28.8 Å². The number of Topliss-reactive ketones (excluding diaryl/α,β-unsaturated/α-hetero) is 1. The van der Waals surface area contributed by atoms with Crippen LogP contribution >= 0.6 is 11.3 Å². The predicted octanol–water partition coefficient (Wildman–Crippen LogP) is 3.34. The number of carbonyl (C=O) groups is 6. The quantitative estimate of drug-likeness (QED) is 0.142. The van der Waals surface area contributed by atoms with Gasteiger partial charge in [-0.25, -0.2) is 4.79 Å². The summed E-state index contributed by atoms with van der Waals surface area (Å²) in [6.07, 6.45) is 2.13. The Morgan fingerprint density at radius 2 is 1.51 bits per heavy atom. The molecule has 1 saturated heterocycles. The number of fused-ring (bicyclic) bond motifs is 3. The summed E-state index contributed by atoms with van der Waals surface area (Å²) in [7, 11) is 0. The summed E-state index contributed by atoms with van der Waals surface area (Å²) in [5.74, 6) is -3.83. The second-order valence-corrected chi connectivity index (χ2v) is 14.4. The Morgan fingerprint density at radius 3 is 2.12 bits per heavy atom. The van der Waals surface area contributed by atoms with Gasteiger partial charge in [0.1, 0.15) is 18.7 Å². The first kappa shape index (κ1) is 35.8. The molecule has 13 heteroatoms. The number of hydrogen-bond donors (Lipinski definition) is 5. The molecule has 1 aromatic heterocycles. The van der Waals surface area contributed by atoms with Crippen molar-refractivity contribution in [2.75, 3.05) is 13.2 Å². The molecule has 3 aromatic rings. The summed E-state index contributed by atoms with van der Waals surface area (Å²) >= 11 is 1.43. The molecule has 0 unspecified atom stereocenters. The van der Waals surface area contributed by atoms with Gasteiger partial charge in [-0.2, -0.15) is 0 Å². The summed E-state index contributed by atoms with van der Waals surface area (Å²) in [6.45, 7) is 2.36. The van der Waals surface area contributed by atoms with Crippen molar-refractivity contribution in [3.8, 4) is 11.1 Å². The summed E-state index contributed by atoms with van der Waals surface area (Å²) in [6, 6.07) is 16.2. The van der Waals surface area contributed by atoms with Gasteiger partial charge in [0.15, 0.2) is 0 Å². The van der Waals surface area contributed by atoms with Crippen LogP contribution < -0.4 is 26.6 Å². The molecule has 6 rings (SSSR count). The van der Waals surface area contributed by atoms with E-state index in [1.54, 1.807) is 0 Å². The molecule has 1 aliphatic heterocycles. The van der Waals surface area contributed by atoms with Crippen LogP contribution in [-0.2, 0) is 35.1 Å². The van der Waals surface area contributed by atoms with Crippen molar-refractivity contribution in [3.63, 3.8) is 0 Å². The summed E-state index contributed by atoms with van der Waals surface area (Å²) in [4.78, 5) is 79.9. The Labute approximate surface area is 300 Å². The molecule has 51 heavy (non-hydrogen) atoms. The largest absolute Gasteiger partial charge is 0.449 e. The van der Waals surface area contributed by atoms with Gasteiger partial charge < -0.3 is 31.3 Å². The number of hydrogen-bond acceptors (Lipinski definition) is 8. The lowest BCUT2D eigenvalue weighted by Gasteiger charge is -2.25. The van der Waals surface area contributed by atoms with Crippen LogP contribution in [0.5, 0.6) is 0 Å². The Balaban J connectivity index is 1.12. The molecule has 2 heterocycles. The van der Waals surface area contributed by atoms with Gasteiger partial charge in [0, 0.05) is 35.7 Å². The molecule has 2 fully saturated rings. The van der Waals surface area contributed by atoms with Crippen molar-refractivity contribution in [2.24, 2.45) is 5.92 Å². The van der Waals surface area contributed by atoms with Gasteiger partial charge in [-0.3, -0.25) is 24.0 Å². The van der Waals surface area contributed by atoms with Crippen LogP contribution in [0.2, 0.25) is 0 Å². The standard InChI is InChI=1S/C38H43N5O7S/c1-2-8-30(35(46)42-31(19-22-16-17-39-34(22)45)33(44)37(48)40-23-14-15-23)41-36(47)32(20-24-9-7-18-51-24)43-38(49)50-21-29-27-12-5-3-10-25(27)26-11-4-6-13-28(26)29/h3-7,9-13,18,22-23,29-32H,2,8,14-17,19-21H2,1H3,(H,39,45)(H,40,48)(H,41,47)(H,42,46)(H,43,49)/t22-,30-,31-,32+/m0/s1. The molecular formula is C38H43N5O7S. The van der Waals surface area contributed by atoms with Gasteiger partial charge in [-0.15, -0.1) is 11.3 Å². The van der Waals surface area contributed by atoms with Crippen LogP contribution in [0.1, 0.15) is 67.4 Å². The molecule has 1 saturated carbocycles. The van der Waals surface area contributed by atoms with Crippen LogP contribution in [0.4, 0.5) is 4.79 Å². The third-order valence-corrected chi connectivity index (χ3v) is 10.5. The molecular weight excluding hydrogens is 671 g/mol. The van der Waals surface area contributed by atoms with Crippen molar-refractivity contribution >= 4 is 46.8 Å². The Kier molecular flexibility index (Phi) is 11.4. The average molecular weight is 714 g/mol. The van der Waals surface area contributed by atoms with Gasteiger partial charge in [0.2, 0.25) is 23.5 Å². The average Bonchev–Trinajstić information content (AvgIpc) is 3.46. The van der Waals surface area contributed by atoms with Crippen LogP contribution in [0.25, 0.3) is 11.1 Å². The van der Waals surface area contributed by atoms with E-state index in [-0.39, 0.29) is 43.7 Å². The number of thiophene rings is 1. The highest BCUT2D eigenvalue weighted by Crippen LogP contribution is 2.44. The van der Waals surface area contributed by atoms with E-state index in [1.165, 1.54) is 11.3 Å². The Hall–Kier alpha value is -5.04. The molecule has 3 aliphatic rings. The third kappa shape index (κ3) is 8.83. The Morgan fingerprint density at radius 1 is 0.843 bits per heavy atom. The van der Waals surface area contributed by atoms with Crippen LogP contribution in [0.15, 0.2) is 66.0 Å². The zero-order valence-electron chi connectivity index (χ0n) is 28.4. The van der Waals surface area contributed by atoms with E-state index in [2.05, 4.69) is 26.6 Å². The zero-order chi connectivity index (χ0) is 35.9. The number of rotatable bonds is 16. The first-order valence-corrected chi connectivity index (χ1v) is 18.5. The maximum absolute atomic E-state index is 13.8. The van der Waals surface area contributed by atoms with Crippen molar-refractivity contribution in [3.05, 3.63) is 82.0 Å². The fourth-order valence-electron chi connectivity index (χ4n) is 6.75. The molecule has 5 amide bonds. The van der Waals surface area contributed by atoms with E-state index < -0.39 is 53.6 Å². The van der Waals surface area contributed by atoms with Crippen molar-refractivity contribution in [1.82, 2.24) is 26.6 Å². The van der Waals surface area contributed by atoms with Gasteiger partial charge >= 0.3 is 6.09 Å². The lowest BCUT2D eigenvalue weighted by atomic mass is 9.95. The number of nitrogens with one attached hydrogen (secondary N) is 5. The van der Waals surface area contributed by atoms with E-state index in [4.69, 9.17) is 4.74 Å². The smallest absolute Gasteiger partial charge is 0.407 e. The fourth-order valence-corrected chi connectivity index (χ4v) is 7.50. The normalized spacial score (nSPS) is 18.0. The van der Waals surface area contributed by atoms with Crippen LogP contribution in [0, 0.1) is 5.92 Å². The molecule has 0 bridgehead atoms. The zero-order valence-corrected chi connectivity index (χ0v) is 29.3. The predicted molar refractivity (Wildman–Crippen MR) is 191 cm³/mol. The molecule has 5 N–H and O–H groups in total. The lowest BCUT2D eigenvalue weighted by Crippen LogP contribution is -2.57. The van der Waals surface area contributed by atoms with Gasteiger partial charge in [0.25, 0.3) is 5.91 Å². The maximum atomic E-state index is 13.8. The number of ether oxygens (including phenoxy) is 1. The monoisotopic (exact) mass is 713 g/mol. The number of carbonyl (C=O) groups excluding carboxylic acids is 6. The first-order chi connectivity index (χ1) is 24.7. The van der Waals surface area contributed by atoms with Crippen molar-refractivity contribution in [2.45, 2.75) is 82.0 Å². The number of alkyl carbamates (subject to hydrolysis) is 1.